The predicted octanol–water partition coefficient (Wildman–Crippen LogP) is -1.73. The number of rotatable bonds is 11. The van der Waals surface area contributed by atoms with Gasteiger partial charge < -0.3 is 31.9 Å². The van der Waals surface area contributed by atoms with E-state index in [1.165, 1.54) is 0 Å². The van der Waals surface area contributed by atoms with Crippen LogP contribution in [0.25, 0.3) is 0 Å². The van der Waals surface area contributed by atoms with Gasteiger partial charge in [-0.2, -0.15) is 0 Å². The van der Waals surface area contributed by atoms with Crippen LogP contribution in [0.15, 0.2) is 0 Å². The number of aliphatic carboxylic acids is 2. The van der Waals surface area contributed by atoms with Crippen molar-refractivity contribution in [2.45, 2.75) is 52.2 Å². The number of hydrogen-bond donors (Lipinski definition) is 6. The van der Waals surface area contributed by atoms with Crippen LogP contribution in [0.5, 0.6) is 0 Å². The molecule has 0 saturated heterocycles. The third-order valence-electron chi connectivity index (χ3n) is 3.69. The third kappa shape index (κ3) is 8.49. The van der Waals surface area contributed by atoms with Gasteiger partial charge in [0.05, 0.1) is 13.0 Å². The molecule has 0 unspecified atom stereocenters. The third-order valence-corrected chi connectivity index (χ3v) is 3.69. The van der Waals surface area contributed by atoms with E-state index in [0.717, 1.165) is 0 Å². The van der Waals surface area contributed by atoms with Crippen molar-refractivity contribution in [3.63, 3.8) is 0 Å². The molecule has 154 valence electrons. The fraction of sp³-hybridized carbons (Fsp3) is 0.688. The number of carbonyl (C=O) groups excluding carboxylic acids is 3. The minimum Gasteiger partial charge on any atom is -0.481 e. The number of nitrogens with one attached hydrogen (secondary N) is 3. The maximum Gasteiger partial charge on any atom is 0.326 e. The molecule has 0 saturated carbocycles. The fourth-order valence-corrected chi connectivity index (χ4v) is 2.18. The lowest BCUT2D eigenvalue weighted by Gasteiger charge is -2.26. The highest BCUT2D eigenvalue weighted by molar-refractivity contribution is 5.95. The zero-order chi connectivity index (χ0) is 21.3. The van der Waals surface area contributed by atoms with E-state index in [1.54, 1.807) is 27.7 Å². The number of amides is 3. The summed E-state index contributed by atoms with van der Waals surface area (Å²) >= 11 is 0. The van der Waals surface area contributed by atoms with Gasteiger partial charge in [0, 0.05) is 0 Å². The highest BCUT2D eigenvalue weighted by Crippen LogP contribution is 2.06. The molecule has 0 heterocycles. The van der Waals surface area contributed by atoms with Gasteiger partial charge in [-0.05, 0) is 11.8 Å². The molecule has 3 amide bonds. The number of hydrogen-bond acceptors (Lipinski definition) is 6. The standard InChI is InChI=1S/C16H28N4O7/c1-7(2)12(19-10(21)6-17)15(25)18-9(5-11(22)23)14(24)20-13(8(3)4)16(26)27/h7-9,12-13H,5-6,17H2,1-4H3,(H,18,25)(H,19,21)(H,20,24)(H,22,23)(H,26,27)/t9-,12-,13-/m0/s1. The number of carboxylic acids is 2. The van der Waals surface area contributed by atoms with Gasteiger partial charge >= 0.3 is 11.9 Å². The Balaban J connectivity index is 5.35. The molecule has 0 aromatic heterocycles. The Kier molecular flexibility index (Phi) is 10.0. The van der Waals surface area contributed by atoms with Crippen molar-refractivity contribution < 1.29 is 34.2 Å². The molecule has 0 bridgehead atoms. The molecule has 7 N–H and O–H groups in total. The fourth-order valence-electron chi connectivity index (χ4n) is 2.18. The van der Waals surface area contributed by atoms with Crippen LogP contribution < -0.4 is 21.7 Å². The molecule has 3 atom stereocenters. The molecule has 0 aliphatic carbocycles. The Bertz CT molecular complexity index is 577. The zero-order valence-corrected chi connectivity index (χ0v) is 15.8. The minimum absolute atomic E-state index is 0.343. The molecular formula is C16H28N4O7. The van der Waals surface area contributed by atoms with Gasteiger partial charge in [0.25, 0.3) is 0 Å². The first-order chi connectivity index (χ1) is 12.4. The van der Waals surface area contributed by atoms with Crippen molar-refractivity contribution >= 4 is 29.7 Å². The highest BCUT2D eigenvalue weighted by Gasteiger charge is 2.32. The smallest absolute Gasteiger partial charge is 0.326 e. The first kappa shape index (κ1) is 24.3. The van der Waals surface area contributed by atoms with Crippen LogP contribution >= 0.6 is 0 Å². The first-order valence-electron chi connectivity index (χ1n) is 8.45. The number of carboxylic acid groups (broad SMARTS) is 2. The van der Waals surface area contributed by atoms with Crippen molar-refractivity contribution in [3.8, 4) is 0 Å². The monoisotopic (exact) mass is 388 g/mol. The molecule has 11 heteroatoms. The first-order valence-corrected chi connectivity index (χ1v) is 8.45. The lowest BCUT2D eigenvalue weighted by Crippen LogP contribution is -2.58. The second kappa shape index (κ2) is 11.1. The summed E-state index contributed by atoms with van der Waals surface area (Å²) in [5, 5.41) is 25.0. The lowest BCUT2D eigenvalue weighted by molar-refractivity contribution is -0.144. The SMILES string of the molecule is CC(C)[C@H](NC(=O)[C@H](CC(=O)O)NC(=O)[C@@H](NC(=O)CN)C(C)C)C(=O)O. The Morgan fingerprint density at radius 1 is 0.815 bits per heavy atom. The van der Waals surface area contributed by atoms with Gasteiger partial charge in [0.15, 0.2) is 0 Å². The van der Waals surface area contributed by atoms with Crippen molar-refractivity contribution in [2.24, 2.45) is 17.6 Å². The van der Waals surface area contributed by atoms with Gasteiger partial charge in [-0.1, -0.05) is 27.7 Å². The maximum atomic E-state index is 12.4. The largest absolute Gasteiger partial charge is 0.481 e. The maximum absolute atomic E-state index is 12.4. The van der Waals surface area contributed by atoms with E-state index >= 15 is 0 Å². The van der Waals surface area contributed by atoms with Gasteiger partial charge in [0.1, 0.15) is 18.1 Å². The molecule has 27 heavy (non-hydrogen) atoms. The number of nitrogens with two attached hydrogens (primary N) is 1. The predicted molar refractivity (Wildman–Crippen MR) is 94.4 cm³/mol. The Labute approximate surface area is 157 Å². The minimum atomic E-state index is -1.51. The average molecular weight is 388 g/mol. The van der Waals surface area contributed by atoms with Crippen molar-refractivity contribution in [3.05, 3.63) is 0 Å². The van der Waals surface area contributed by atoms with E-state index < -0.39 is 60.1 Å². The van der Waals surface area contributed by atoms with Crippen LogP contribution in [-0.2, 0) is 24.0 Å². The molecule has 0 rings (SSSR count). The van der Waals surface area contributed by atoms with E-state index in [4.69, 9.17) is 15.9 Å². The molecule has 0 spiro atoms. The second-order valence-corrected chi connectivity index (χ2v) is 6.72. The lowest BCUT2D eigenvalue weighted by atomic mass is 10.0. The molecule has 0 aromatic carbocycles. The van der Waals surface area contributed by atoms with E-state index in [0.29, 0.717) is 0 Å². The van der Waals surface area contributed by atoms with Crippen molar-refractivity contribution in [1.82, 2.24) is 16.0 Å². The van der Waals surface area contributed by atoms with Gasteiger partial charge in [-0.3, -0.25) is 19.2 Å². The topological polar surface area (TPSA) is 188 Å². The van der Waals surface area contributed by atoms with E-state index in [2.05, 4.69) is 16.0 Å². The van der Waals surface area contributed by atoms with Gasteiger partial charge in [0.2, 0.25) is 17.7 Å². The average Bonchev–Trinajstić information content (AvgIpc) is 2.54. The molecule has 0 aliphatic heterocycles. The van der Waals surface area contributed by atoms with Gasteiger partial charge in [-0.15, -0.1) is 0 Å². The molecule has 0 radical (unpaired) electrons. The summed E-state index contributed by atoms with van der Waals surface area (Å²) in [5.74, 6) is -5.78. The van der Waals surface area contributed by atoms with Crippen LogP contribution in [0.3, 0.4) is 0 Å². The normalized spacial score (nSPS) is 14.2. The molecule has 0 fully saturated rings. The number of carbonyl (C=O) groups is 5. The van der Waals surface area contributed by atoms with Crippen LogP contribution in [0.1, 0.15) is 34.1 Å². The quantitative estimate of drug-likeness (QED) is 0.241. The summed E-state index contributed by atoms with van der Waals surface area (Å²) in [5.41, 5.74) is 5.21. The summed E-state index contributed by atoms with van der Waals surface area (Å²) < 4.78 is 0. The summed E-state index contributed by atoms with van der Waals surface area (Å²) in [6, 6.07) is -3.79. The highest BCUT2D eigenvalue weighted by atomic mass is 16.4. The second-order valence-electron chi connectivity index (χ2n) is 6.72. The Hall–Kier alpha value is -2.69. The molecule has 11 nitrogen and oxygen atoms in total. The van der Waals surface area contributed by atoms with Crippen LogP contribution in [-0.4, -0.2) is 64.5 Å². The van der Waals surface area contributed by atoms with E-state index in [1.807, 2.05) is 0 Å². The summed E-state index contributed by atoms with van der Waals surface area (Å²) in [7, 11) is 0. The Morgan fingerprint density at radius 3 is 1.70 bits per heavy atom. The van der Waals surface area contributed by atoms with Gasteiger partial charge in [-0.25, -0.2) is 4.79 Å². The summed E-state index contributed by atoms with van der Waals surface area (Å²) in [6.07, 6.45) is -0.752. The van der Waals surface area contributed by atoms with Crippen molar-refractivity contribution in [1.29, 1.82) is 0 Å². The zero-order valence-electron chi connectivity index (χ0n) is 15.8. The Morgan fingerprint density at radius 2 is 1.33 bits per heavy atom. The van der Waals surface area contributed by atoms with Crippen LogP contribution in [0.2, 0.25) is 0 Å². The van der Waals surface area contributed by atoms with Crippen molar-refractivity contribution in [2.75, 3.05) is 6.54 Å². The summed E-state index contributed by atoms with van der Waals surface area (Å²) in [6.45, 7) is 6.09. The van der Waals surface area contributed by atoms with Crippen LogP contribution in [0, 0.1) is 11.8 Å². The van der Waals surface area contributed by atoms with E-state index in [9.17, 15) is 24.0 Å². The molecule has 0 aliphatic rings. The summed E-state index contributed by atoms with van der Waals surface area (Å²) in [4.78, 5) is 58.5. The molecular weight excluding hydrogens is 360 g/mol. The van der Waals surface area contributed by atoms with Crippen LogP contribution in [0.4, 0.5) is 0 Å². The molecule has 0 aromatic rings. The van der Waals surface area contributed by atoms with E-state index in [-0.39, 0.29) is 12.5 Å².